The number of aromatic nitrogens is 1. The molecule has 94 valence electrons. The minimum atomic E-state index is 0. The van der Waals surface area contributed by atoms with Crippen molar-refractivity contribution in [1.82, 2.24) is 15.6 Å². The molecule has 5 heteroatoms. The van der Waals surface area contributed by atoms with E-state index in [0.29, 0.717) is 6.42 Å². The van der Waals surface area contributed by atoms with E-state index < -0.39 is 0 Å². The van der Waals surface area contributed by atoms with Crippen molar-refractivity contribution in [2.24, 2.45) is 0 Å². The van der Waals surface area contributed by atoms with Gasteiger partial charge in [0, 0.05) is 25.0 Å². The summed E-state index contributed by atoms with van der Waals surface area (Å²) in [4.78, 5) is 15.7. The predicted molar refractivity (Wildman–Crippen MR) is 69.2 cm³/mol. The van der Waals surface area contributed by atoms with Crippen LogP contribution in [-0.2, 0) is 11.2 Å². The molecule has 1 aromatic heterocycles. The average Bonchev–Trinajstić information content (AvgIpc) is 2.31. The van der Waals surface area contributed by atoms with Gasteiger partial charge in [-0.05, 0) is 31.0 Å². The zero-order valence-electron chi connectivity index (χ0n) is 9.69. The van der Waals surface area contributed by atoms with Gasteiger partial charge in [0.15, 0.2) is 0 Å². The lowest BCUT2D eigenvalue weighted by Gasteiger charge is -2.23. The van der Waals surface area contributed by atoms with Crippen LogP contribution in [0.1, 0.15) is 18.4 Å². The van der Waals surface area contributed by atoms with Crippen molar-refractivity contribution in [1.29, 1.82) is 0 Å². The summed E-state index contributed by atoms with van der Waals surface area (Å²) in [5.74, 6) is 0.0849. The number of amides is 1. The molecule has 1 aromatic rings. The summed E-state index contributed by atoms with van der Waals surface area (Å²) in [6, 6.07) is 4.06. The third-order valence-electron chi connectivity index (χ3n) is 2.75. The molecular weight excluding hydrogens is 238 g/mol. The molecule has 0 unspecified atom stereocenters. The molecule has 2 N–H and O–H groups in total. The van der Waals surface area contributed by atoms with E-state index in [2.05, 4.69) is 15.6 Å². The molecule has 1 saturated heterocycles. The van der Waals surface area contributed by atoms with Gasteiger partial charge in [0.2, 0.25) is 5.91 Å². The Labute approximate surface area is 108 Å². The monoisotopic (exact) mass is 255 g/mol. The summed E-state index contributed by atoms with van der Waals surface area (Å²) >= 11 is 0. The van der Waals surface area contributed by atoms with Crippen LogP contribution in [0.3, 0.4) is 0 Å². The Hall–Kier alpha value is -1.13. The normalized spacial score (nSPS) is 19.2. The molecule has 0 radical (unpaired) electrons. The van der Waals surface area contributed by atoms with E-state index in [1.165, 1.54) is 0 Å². The van der Waals surface area contributed by atoms with Crippen LogP contribution in [0.5, 0.6) is 0 Å². The summed E-state index contributed by atoms with van der Waals surface area (Å²) in [7, 11) is 0. The molecule has 0 saturated carbocycles. The van der Waals surface area contributed by atoms with E-state index in [1.54, 1.807) is 12.4 Å². The number of hydrogen-bond donors (Lipinski definition) is 2. The number of rotatable bonds is 3. The molecule has 4 nitrogen and oxygen atoms in total. The van der Waals surface area contributed by atoms with Gasteiger partial charge in [0.1, 0.15) is 0 Å². The number of carbonyl (C=O) groups is 1. The summed E-state index contributed by atoms with van der Waals surface area (Å²) in [5, 5.41) is 6.32. The number of hydrogen-bond acceptors (Lipinski definition) is 3. The van der Waals surface area contributed by atoms with E-state index in [1.807, 2.05) is 12.1 Å². The molecule has 17 heavy (non-hydrogen) atoms. The number of nitrogens with one attached hydrogen (secondary N) is 2. The highest BCUT2D eigenvalue weighted by atomic mass is 35.5. The van der Waals surface area contributed by atoms with Crippen LogP contribution in [0.4, 0.5) is 0 Å². The minimum absolute atomic E-state index is 0. The van der Waals surface area contributed by atoms with Gasteiger partial charge in [-0.25, -0.2) is 0 Å². The molecule has 0 spiro atoms. The Bertz CT molecular complexity index is 339. The van der Waals surface area contributed by atoms with Crippen molar-refractivity contribution < 1.29 is 4.79 Å². The molecule has 1 fully saturated rings. The Morgan fingerprint density at radius 1 is 1.59 bits per heavy atom. The van der Waals surface area contributed by atoms with Crippen molar-refractivity contribution in [2.75, 3.05) is 13.1 Å². The first kappa shape index (κ1) is 13.9. The highest BCUT2D eigenvalue weighted by Crippen LogP contribution is 2.02. The van der Waals surface area contributed by atoms with E-state index in [9.17, 15) is 4.79 Å². The summed E-state index contributed by atoms with van der Waals surface area (Å²) < 4.78 is 0. The second-order valence-corrected chi connectivity index (χ2v) is 4.15. The van der Waals surface area contributed by atoms with Crippen molar-refractivity contribution in [3.63, 3.8) is 0 Å². The van der Waals surface area contributed by atoms with Gasteiger partial charge in [-0.15, -0.1) is 12.4 Å². The smallest absolute Gasteiger partial charge is 0.224 e. The maximum absolute atomic E-state index is 11.7. The summed E-state index contributed by atoms with van der Waals surface area (Å²) in [6.45, 7) is 1.95. The molecule has 0 aromatic carbocycles. The van der Waals surface area contributed by atoms with Crippen LogP contribution >= 0.6 is 12.4 Å². The summed E-state index contributed by atoms with van der Waals surface area (Å²) in [6.07, 6.45) is 6.08. The van der Waals surface area contributed by atoms with Crippen molar-refractivity contribution in [3.05, 3.63) is 30.1 Å². The second kappa shape index (κ2) is 7.25. The predicted octanol–water partition coefficient (Wildman–Crippen LogP) is 0.914. The van der Waals surface area contributed by atoms with Gasteiger partial charge in [0.05, 0.1) is 6.42 Å². The highest BCUT2D eigenvalue weighted by Gasteiger charge is 2.15. The van der Waals surface area contributed by atoms with Crippen LogP contribution in [0.2, 0.25) is 0 Å². The zero-order chi connectivity index (χ0) is 11.2. The standard InChI is InChI=1S/C12H17N3O.ClH/c16-12(7-10-3-1-5-13-8-10)15-11-4-2-6-14-9-11;/h1,3,5,8,11,14H,2,4,6-7,9H2,(H,15,16);1H/t11-;/m1./s1. The van der Waals surface area contributed by atoms with Crippen LogP contribution in [0.25, 0.3) is 0 Å². The largest absolute Gasteiger partial charge is 0.352 e. The van der Waals surface area contributed by atoms with Crippen molar-refractivity contribution in [3.8, 4) is 0 Å². The van der Waals surface area contributed by atoms with Gasteiger partial charge >= 0.3 is 0 Å². The quantitative estimate of drug-likeness (QED) is 0.844. The number of pyridine rings is 1. The molecule has 1 atom stereocenters. The van der Waals surface area contributed by atoms with E-state index >= 15 is 0 Å². The molecule has 0 aliphatic carbocycles. The fourth-order valence-corrected chi connectivity index (χ4v) is 1.94. The van der Waals surface area contributed by atoms with Gasteiger partial charge in [-0.2, -0.15) is 0 Å². The molecular formula is C12H18ClN3O. The third kappa shape index (κ3) is 4.71. The fraction of sp³-hybridized carbons (Fsp3) is 0.500. The maximum atomic E-state index is 11.7. The number of piperidine rings is 1. The van der Waals surface area contributed by atoms with Crippen LogP contribution in [0.15, 0.2) is 24.5 Å². The van der Waals surface area contributed by atoms with E-state index in [-0.39, 0.29) is 24.4 Å². The number of carbonyl (C=O) groups excluding carboxylic acids is 1. The summed E-state index contributed by atoms with van der Waals surface area (Å²) in [5.41, 5.74) is 0.962. The molecule has 1 aliphatic rings. The van der Waals surface area contributed by atoms with Crippen LogP contribution < -0.4 is 10.6 Å². The first-order chi connectivity index (χ1) is 7.84. The van der Waals surface area contributed by atoms with Crippen molar-refractivity contribution >= 4 is 18.3 Å². The molecule has 0 bridgehead atoms. The highest BCUT2D eigenvalue weighted by molar-refractivity contribution is 5.85. The number of halogens is 1. The number of nitrogens with zero attached hydrogens (tertiary/aromatic N) is 1. The lowest BCUT2D eigenvalue weighted by Crippen LogP contribution is -2.46. The second-order valence-electron chi connectivity index (χ2n) is 4.15. The minimum Gasteiger partial charge on any atom is -0.352 e. The van der Waals surface area contributed by atoms with Gasteiger partial charge < -0.3 is 10.6 Å². The molecule has 2 heterocycles. The Morgan fingerprint density at radius 2 is 2.47 bits per heavy atom. The average molecular weight is 256 g/mol. The van der Waals surface area contributed by atoms with Gasteiger partial charge in [-0.3, -0.25) is 9.78 Å². The van der Waals surface area contributed by atoms with E-state index in [4.69, 9.17) is 0 Å². The topological polar surface area (TPSA) is 54.0 Å². The fourth-order valence-electron chi connectivity index (χ4n) is 1.94. The molecule has 1 amide bonds. The molecule has 2 rings (SSSR count). The Kier molecular flexibility index (Phi) is 5.94. The van der Waals surface area contributed by atoms with Crippen LogP contribution in [0, 0.1) is 0 Å². The third-order valence-corrected chi connectivity index (χ3v) is 2.75. The first-order valence-electron chi connectivity index (χ1n) is 5.73. The first-order valence-corrected chi connectivity index (χ1v) is 5.73. The van der Waals surface area contributed by atoms with Gasteiger partial charge in [0.25, 0.3) is 0 Å². The zero-order valence-corrected chi connectivity index (χ0v) is 10.5. The molecule has 1 aliphatic heterocycles. The lowest BCUT2D eigenvalue weighted by atomic mass is 10.1. The van der Waals surface area contributed by atoms with E-state index in [0.717, 1.165) is 31.5 Å². The Balaban J connectivity index is 0.00000144. The van der Waals surface area contributed by atoms with Crippen LogP contribution in [-0.4, -0.2) is 30.0 Å². The Morgan fingerprint density at radius 3 is 3.12 bits per heavy atom. The lowest BCUT2D eigenvalue weighted by molar-refractivity contribution is -0.121. The van der Waals surface area contributed by atoms with Crippen molar-refractivity contribution in [2.45, 2.75) is 25.3 Å². The van der Waals surface area contributed by atoms with Gasteiger partial charge in [-0.1, -0.05) is 6.07 Å². The SMILES string of the molecule is Cl.O=C(Cc1cccnc1)N[C@@H]1CCCNC1. The maximum Gasteiger partial charge on any atom is 0.224 e.